The van der Waals surface area contributed by atoms with Gasteiger partial charge in [-0.1, -0.05) is 40.4 Å². The molecular weight excluding hydrogens is 391 g/mol. The fourth-order valence-electron chi connectivity index (χ4n) is 3.58. The molecule has 28 heavy (non-hydrogen) atoms. The molecule has 0 aliphatic carbocycles. The van der Waals surface area contributed by atoms with Crippen LogP contribution in [0.3, 0.4) is 0 Å². The Balaban J connectivity index is 1.75. The number of aryl methyl sites for hydroxylation is 2. The normalized spacial score (nSPS) is 14.4. The zero-order valence-electron chi connectivity index (χ0n) is 16.8. The van der Waals surface area contributed by atoms with Crippen LogP contribution in [0.2, 0.25) is 10.0 Å². The Morgan fingerprint density at radius 3 is 2.32 bits per heavy atom. The van der Waals surface area contributed by atoms with Gasteiger partial charge in [0.05, 0.1) is 6.42 Å². The molecule has 2 aromatic rings. The van der Waals surface area contributed by atoms with Crippen LogP contribution in [0, 0.1) is 13.8 Å². The van der Waals surface area contributed by atoms with Gasteiger partial charge in [0, 0.05) is 34.5 Å². The zero-order valence-corrected chi connectivity index (χ0v) is 18.3. The third kappa shape index (κ3) is 4.71. The maximum absolute atomic E-state index is 12.6. The highest BCUT2D eigenvalue weighted by Crippen LogP contribution is 2.30. The largest absolute Gasteiger partial charge is 0.367 e. The van der Waals surface area contributed by atoms with Crippen LogP contribution in [0.15, 0.2) is 41.5 Å². The van der Waals surface area contributed by atoms with Crippen molar-refractivity contribution in [3.05, 3.63) is 68.2 Å². The minimum Gasteiger partial charge on any atom is -0.367 e. The van der Waals surface area contributed by atoms with Crippen molar-refractivity contribution in [3.63, 3.8) is 0 Å². The molecule has 0 bridgehead atoms. The Hall–Kier alpha value is -1.97. The maximum Gasteiger partial charge on any atom is 0.228 e. The van der Waals surface area contributed by atoms with E-state index in [1.165, 1.54) is 16.8 Å². The molecule has 1 heterocycles. The maximum atomic E-state index is 12.6. The van der Waals surface area contributed by atoms with Crippen LogP contribution in [-0.2, 0) is 11.2 Å². The van der Waals surface area contributed by atoms with Crippen molar-refractivity contribution >= 4 is 40.5 Å². The highest BCUT2D eigenvalue weighted by atomic mass is 35.5. The summed E-state index contributed by atoms with van der Waals surface area (Å²) in [4.78, 5) is 15.0. The molecule has 1 aliphatic heterocycles. The molecule has 0 unspecified atom stereocenters. The quantitative estimate of drug-likeness (QED) is 0.589. The number of carbonyl (C=O) groups excluding carboxylic acids is 1. The second-order valence-electron chi connectivity index (χ2n) is 7.65. The number of rotatable bonds is 4. The molecule has 3 rings (SSSR count). The molecule has 1 N–H and O–H groups in total. The van der Waals surface area contributed by atoms with Crippen molar-refractivity contribution < 1.29 is 4.79 Å². The Morgan fingerprint density at radius 2 is 1.71 bits per heavy atom. The molecule has 5 heteroatoms. The lowest BCUT2D eigenvalue weighted by atomic mass is 10.0. The van der Waals surface area contributed by atoms with Crippen LogP contribution >= 0.6 is 23.2 Å². The van der Waals surface area contributed by atoms with Crippen LogP contribution in [0.25, 0.3) is 0 Å². The number of anilines is 2. The van der Waals surface area contributed by atoms with Gasteiger partial charge in [0.15, 0.2) is 0 Å². The van der Waals surface area contributed by atoms with Crippen molar-refractivity contribution in [1.82, 2.24) is 0 Å². The second-order valence-corrected chi connectivity index (χ2v) is 8.49. The van der Waals surface area contributed by atoms with Crippen LogP contribution in [0.4, 0.5) is 11.4 Å². The summed E-state index contributed by atoms with van der Waals surface area (Å²) in [6.45, 7) is 10.5. The SMILES string of the molecule is CC1=C(C)CN(c2cc(C)c(NC(=O)Cc3ccc(Cl)cc3Cl)c(C)c2)CC1. The van der Waals surface area contributed by atoms with Crippen molar-refractivity contribution in [2.75, 3.05) is 23.3 Å². The smallest absolute Gasteiger partial charge is 0.228 e. The van der Waals surface area contributed by atoms with Crippen LogP contribution in [0.5, 0.6) is 0 Å². The molecule has 0 fully saturated rings. The molecule has 2 aromatic carbocycles. The Kier molecular flexibility index (Phi) is 6.36. The van der Waals surface area contributed by atoms with Gasteiger partial charge in [-0.25, -0.2) is 0 Å². The molecule has 0 saturated heterocycles. The number of halogens is 2. The molecule has 1 aliphatic rings. The minimum absolute atomic E-state index is 0.0875. The third-order valence-electron chi connectivity index (χ3n) is 5.43. The number of amides is 1. The summed E-state index contributed by atoms with van der Waals surface area (Å²) >= 11 is 12.1. The molecular formula is C23H26Cl2N2O. The highest BCUT2D eigenvalue weighted by Gasteiger charge is 2.17. The summed E-state index contributed by atoms with van der Waals surface area (Å²) in [6, 6.07) is 9.52. The first-order valence-corrected chi connectivity index (χ1v) is 10.3. The average molecular weight is 417 g/mol. The minimum atomic E-state index is -0.0875. The van der Waals surface area contributed by atoms with E-state index in [2.05, 4.69) is 36.2 Å². The molecule has 0 spiro atoms. The summed E-state index contributed by atoms with van der Waals surface area (Å²) in [5, 5.41) is 4.13. The standard InChI is InChI=1S/C23H26Cl2N2O/c1-14-7-8-27(13-17(14)4)20-9-15(2)23(16(3)10-20)26-22(28)11-18-5-6-19(24)12-21(18)25/h5-6,9-10,12H,7-8,11,13H2,1-4H3,(H,26,28). The summed E-state index contributed by atoms with van der Waals surface area (Å²) < 4.78 is 0. The molecule has 0 saturated carbocycles. The van der Waals surface area contributed by atoms with E-state index < -0.39 is 0 Å². The molecule has 148 valence electrons. The molecule has 3 nitrogen and oxygen atoms in total. The lowest BCUT2D eigenvalue weighted by Gasteiger charge is -2.31. The van der Waals surface area contributed by atoms with Crippen molar-refractivity contribution in [2.45, 2.75) is 40.5 Å². The van der Waals surface area contributed by atoms with E-state index in [9.17, 15) is 4.79 Å². The van der Waals surface area contributed by atoms with Gasteiger partial charge < -0.3 is 10.2 Å². The average Bonchev–Trinajstić information content (AvgIpc) is 2.62. The van der Waals surface area contributed by atoms with Gasteiger partial charge in [-0.3, -0.25) is 4.79 Å². The monoisotopic (exact) mass is 416 g/mol. The van der Waals surface area contributed by atoms with Crippen LogP contribution in [-0.4, -0.2) is 19.0 Å². The number of nitrogens with zero attached hydrogens (tertiary/aromatic N) is 1. The first-order chi connectivity index (χ1) is 13.2. The first-order valence-electron chi connectivity index (χ1n) is 9.50. The van der Waals surface area contributed by atoms with Gasteiger partial charge in [0.2, 0.25) is 5.91 Å². The topological polar surface area (TPSA) is 32.3 Å². The summed E-state index contributed by atoms with van der Waals surface area (Å²) in [6.07, 6.45) is 1.32. The summed E-state index contributed by atoms with van der Waals surface area (Å²) in [7, 11) is 0. The van der Waals surface area contributed by atoms with Gasteiger partial charge >= 0.3 is 0 Å². The van der Waals surface area contributed by atoms with E-state index in [0.717, 1.165) is 41.9 Å². The molecule has 0 radical (unpaired) electrons. The van der Waals surface area contributed by atoms with E-state index in [1.807, 2.05) is 13.8 Å². The Bertz CT molecular complexity index is 927. The molecule has 0 aromatic heterocycles. The first kappa shape index (κ1) is 20.8. The van der Waals surface area contributed by atoms with Crippen molar-refractivity contribution in [2.24, 2.45) is 0 Å². The van der Waals surface area contributed by atoms with E-state index in [1.54, 1.807) is 18.2 Å². The zero-order chi connectivity index (χ0) is 20.4. The number of carbonyl (C=O) groups is 1. The van der Waals surface area contributed by atoms with Crippen molar-refractivity contribution in [3.8, 4) is 0 Å². The Labute approximate surface area is 177 Å². The third-order valence-corrected chi connectivity index (χ3v) is 6.01. The van der Waals surface area contributed by atoms with E-state index in [-0.39, 0.29) is 12.3 Å². The van der Waals surface area contributed by atoms with Crippen molar-refractivity contribution in [1.29, 1.82) is 0 Å². The predicted molar refractivity (Wildman–Crippen MR) is 120 cm³/mol. The highest BCUT2D eigenvalue weighted by molar-refractivity contribution is 6.35. The fourth-order valence-corrected chi connectivity index (χ4v) is 4.05. The van der Waals surface area contributed by atoms with Gasteiger partial charge in [0.1, 0.15) is 0 Å². The second kappa shape index (κ2) is 8.59. The van der Waals surface area contributed by atoms with E-state index in [4.69, 9.17) is 23.2 Å². The van der Waals surface area contributed by atoms with Gasteiger partial charge in [-0.05, 0) is 75.1 Å². The van der Waals surface area contributed by atoms with Crippen LogP contribution in [0.1, 0.15) is 37.0 Å². The summed E-state index contributed by atoms with van der Waals surface area (Å²) in [5.74, 6) is -0.0875. The molecule has 1 amide bonds. The number of hydrogen-bond donors (Lipinski definition) is 1. The van der Waals surface area contributed by atoms with Gasteiger partial charge in [-0.2, -0.15) is 0 Å². The number of benzene rings is 2. The fraction of sp³-hybridized carbons (Fsp3) is 0.348. The summed E-state index contributed by atoms with van der Waals surface area (Å²) in [5.41, 5.74) is 7.92. The Morgan fingerprint density at radius 1 is 1.04 bits per heavy atom. The van der Waals surface area contributed by atoms with Gasteiger partial charge in [0.25, 0.3) is 0 Å². The lowest BCUT2D eigenvalue weighted by molar-refractivity contribution is -0.115. The van der Waals surface area contributed by atoms with E-state index in [0.29, 0.717) is 10.0 Å². The van der Waals surface area contributed by atoms with Crippen LogP contribution < -0.4 is 10.2 Å². The molecule has 0 atom stereocenters. The number of hydrogen-bond acceptors (Lipinski definition) is 2. The predicted octanol–water partition coefficient (Wildman–Crippen LogP) is 6.34. The van der Waals surface area contributed by atoms with Gasteiger partial charge in [-0.15, -0.1) is 0 Å². The number of nitrogens with one attached hydrogen (secondary N) is 1. The van der Waals surface area contributed by atoms with E-state index >= 15 is 0 Å². The lowest BCUT2D eigenvalue weighted by Crippen LogP contribution is -2.30.